The molecule has 9 nitrogen and oxygen atoms in total. The van der Waals surface area contributed by atoms with Gasteiger partial charge in [0.25, 0.3) is 0 Å². The maximum Gasteiger partial charge on any atom is 0.222 e. The summed E-state index contributed by atoms with van der Waals surface area (Å²) in [4.78, 5) is 20.6. The molecule has 3 aromatic heterocycles. The number of methoxy groups -OCH3 is 1. The summed E-state index contributed by atoms with van der Waals surface area (Å²) in [6.45, 7) is 5.68. The quantitative estimate of drug-likeness (QED) is 0.597. The molecule has 1 fully saturated rings. The van der Waals surface area contributed by atoms with E-state index in [1.807, 2.05) is 19.1 Å². The summed E-state index contributed by atoms with van der Waals surface area (Å²) >= 11 is 0. The molecule has 1 saturated heterocycles. The molecule has 158 valence electrons. The average Bonchev–Trinajstić information content (AvgIpc) is 3.36. The zero-order valence-electron chi connectivity index (χ0n) is 17.3. The Hall–Kier alpha value is -3.04. The van der Waals surface area contributed by atoms with Crippen LogP contribution in [0.25, 0.3) is 16.7 Å². The Balaban J connectivity index is 1.79. The van der Waals surface area contributed by atoms with Gasteiger partial charge in [0, 0.05) is 56.3 Å². The average molecular weight is 411 g/mol. The largest absolute Gasteiger partial charge is 0.491 e. The number of ether oxygens (including phenoxy) is 3. The number of aryl methyl sites for hydroxylation is 1. The molecule has 0 aromatic carbocycles. The fourth-order valence-electron chi connectivity index (χ4n) is 3.50. The fourth-order valence-corrected chi connectivity index (χ4v) is 3.50. The van der Waals surface area contributed by atoms with Crippen molar-refractivity contribution in [1.82, 2.24) is 19.7 Å². The second-order valence-corrected chi connectivity index (χ2v) is 7.25. The van der Waals surface area contributed by atoms with Crippen molar-refractivity contribution in [1.29, 1.82) is 0 Å². The predicted octanol–water partition coefficient (Wildman–Crippen LogP) is 2.61. The van der Waals surface area contributed by atoms with Crippen LogP contribution >= 0.6 is 0 Å². The van der Waals surface area contributed by atoms with E-state index in [0.717, 1.165) is 35.3 Å². The van der Waals surface area contributed by atoms with Crippen LogP contribution in [-0.4, -0.2) is 59.2 Å². The molecule has 1 atom stereocenters. The SMILES string of the molecule is COCCOc1cc(C2CCOC2)nc(-n2nc(C)c3cnc(NC(C)=O)cc32)c1. The summed E-state index contributed by atoms with van der Waals surface area (Å²) in [5.41, 5.74) is 2.54. The topological polar surface area (TPSA) is 100 Å². The number of nitrogens with one attached hydrogen (secondary N) is 1. The Bertz CT molecular complexity index is 1060. The van der Waals surface area contributed by atoms with Crippen LogP contribution in [0, 0.1) is 6.92 Å². The van der Waals surface area contributed by atoms with E-state index in [9.17, 15) is 4.79 Å². The number of carbonyl (C=O) groups is 1. The Morgan fingerprint density at radius 1 is 1.33 bits per heavy atom. The minimum Gasteiger partial charge on any atom is -0.491 e. The summed E-state index contributed by atoms with van der Waals surface area (Å²) in [7, 11) is 1.64. The van der Waals surface area contributed by atoms with Crippen molar-refractivity contribution >= 4 is 22.6 Å². The maximum absolute atomic E-state index is 11.4. The maximum atomic E-state index is 11.4. The van der Waals surface area contributed by atoms with E-state index in [2.05, 4.69) is 15.4 Å². The zero-order chi connectivity index (χ0) is 21.1. The Labute approximate surface area is 174 Å². The summed E-state index contributed by atoms with van der Waals surface area (Å²) in [5.74, 6) is 1.85. The Morgan fingerprint density at radius 2 is 2.20 bits per heavy atom. The highest BCUT2D eigenvalue weighted by Crippen LogP contribution is 2.30. The van der Waals surface area contributed by atoms with Crippen molar-refractivity contribution in [2.24, 2.45) is 0 Å². The van der Waals surface area contributed by atoms with E-state index in [-0.39, 0.29) is 11.8 Å². The number of amides is 1. The van der Waals surface area contributed by atoms with Gasteiger partial charge >= 0.3 is 0 Å². The molecule has 1 aliphatic heterocycles. The van der Waals surface area contributed by atoms with Crippen molar-refractivity contribution in [2.75, 3.05) is 38.9 Å². The molecule has 0 saturated carbocycles. The molecule has 1 N–H and O–H groups in total. The molecule has 0 radical (unpaired) electrons. The molecule has 9 heteroatoms. The van der Waals surface area contributed by atoms with Gasteiger partial charge in [-0.25, -0.2) is 14.6 Å². The van der Waals surface area contributed by atoms with Crippen LogP contribution in [0.5, 0.6) is 5.75 Å². The highest BCUT2D eigenvalue weighted by atomic mass is 16.5. The molecule has 0 spiro atoms. The molecule has 1 amide bonds. The number of nitrogens with zero attached hydrogens (tertiary/aromatic N) is 4. The molecule has 4 rings (SSSR count). The lowest BCUT2D eigenvalue weighted by Crippen LogP contribution is -2.10. The number of rotatable bonds is 7. The second kappa shape index (κ2) is 8.76. The standard InChI is InChI=1S/C21H25N5O4/c1-13-17-11-22-20(23-14(2)27)10-19(17)26(25-13)21-9-16(30-7-6-28-3)8-18(24-21)15-4-5-29-12-15/h8-11,15H,4-7,12H2,1-3H3,(H,22,23,27). The van der Waals surface area contributed by atoms with Gasteiger partial charge in [0.05, 0.1) is 30.1 Å². The van der Waals surface area contributed by atoms with Crippen molar-refractivity contribution in [3.8, 4) is 11.6 Å². The van der Waals surface area contributed by atoms with Gasteiger partial charge in [0.2, 0.25) is 5.91 Å². The van der Waals surface area contributed by atoms with Crippen LogP contribution in [0.2, 0.25) is 0 Å². The predicted molar refractivity (Wildman–Crippen MR) is 111 cm³/mol. The van der Waals surface area contributed by atoms with E-state index in [1.54, 1.807) is 24.1 Å². The third-order valence-corrected chi connectivity index (χ3v) is 4.98. The van der Waals surface area contributed by atoms with E-state index in [0.29, 0.717) is 37.2 Å². The second-order valence-electron chi connectivity index (χ2n) is 7.25. The first-order valence-corrected chi connectivity index (χ1v) is 9.90. The Kier molecular flexibility index (Phi) is 5.91. The molecule has 1 aliphatic rings. The number of pyridine rings is 2. The lowest BCUT2D eigenvalue weighted by atomic mass is 10.0. The Morgan fingerprint density at radius 3 is 2.93 bits per heavy atom. The first kappa shape index (κ1) is 20.2. The highest BCUT2D eigenvalue weighted by Gasteiger charge is 2.22. The summed E-state index contributed by atoms with van der Waals surface area (Å²) in [6.07, 6.45) is 2.63. The first-order chi connectivity index (χ1) is 14.5. The van der Waals surface area contributed by atoms with Crippen LogP contribution in [0.3, 0.4) is 0 Å². The van der Waals surface area contributed by atoms with Gasteiger partial charge < -0.3 is 19.5 Å². The van der Waals surface area contributed by atoms with Crippen molar-refractivity contribution in [3.63, 3.8) is 0 Å². The van der Waals surface area contributed by atoms with Gasteiger partial charge in [-0.05, 0) is 13.3 Å². The van der Waals surface area contributed by atoms with Gasteiger partial charge in [-0.1, -0.05) is 0 Å². The minimum atomic E-state index is -0.181. The monoisotopic (exact) mass is 411 g/mol. The van der Waals surface area contributed by atoms with Gasteiger partial charge in [-0.15, -0.1) is 0 Å². The number of hydrogen-bond donors (Lipinski definition) is 1. The summed E-state index contributed by atoms with van der Waals surface area (Å²) < 4.78 is 18.3. The lowest BCUT2D eigenvalue weighted by Gasteiger charge is -2.14. The molecule has 0 bridgehead atoms. The highest BCUT2D eigenvalue weighted by molar-refractivity contribution is 5.91. The molecule has 1 unspecified atom stereocenters. The molecule has 3 aromatic rings. The van der Waals surface area contributed by atoms with E-state index >= 15 is 0 Å². The number of fused-ring (bicyclic) bond motifs is 1. The van der Waals surface area contributed by atoms with Gasteiger partial charge in [0.15, 0.2) is 5.82 Å². The summed E-state index contributed by atoms with van der Waals surface area (Å²) in [5, 5.41) is 8.29. The molecular weight excluding hydrogens is 386 g/mol. The third-order valence-electron chi connectivity index (χ3n) is 4.98. The smallest absolute Gasteiger partial charge is 0.222 e. The van der Waals surface area contributed by atoms with Crippen LogP contribution < -0.4 is 10.1 Å². The number of anilines is 1. The minimum absolute atomic E-state index is 0.181. The van der Waals surface area contributed by atoms with Crippen molar-refractivity contribution in [3.05, 3.63) is 35.8 Å². The van der Waals surface area contributed by atoms with Gasteiger partial charge in [-0.2, -0.15) is 5.10 Å². The van der Waals surface area contributed by atoms with Crippen molar-refractivity contribution < 1.29 is 19.0 Å². The molecule has 30 heavy (non-hydrogen) atoms. The van der Waals surface area contributed by atoms with Crippen LogP contribution in [0.15, 0.2) is 24.4 Å². The zero-order valence-corrected chi connectivity index (χ0v) is 17.3. The van der Waals surface area contributed by atoms with E-state index in [4.69, 9.17) is 19.2 Å². The lowest BCUT2D eigenvalue weighted by molar-refractivity contribution is -0.114. The normalized spacial score (nSPS) is 16.2. The number of carbonyl (C=O) groups excluding carboxylic acids is 1. The summed E-state index contributed by atoms with van der Waals surface area (Å²) in [6, 6.07) is 5.62. The van der Waals surface area contributed by atoms with Crippen LogP contribution in [0.4, 0.5) is 5.82 Å². The molecule has 4 heterocycles. The molecular formula is C21H25N5O4. The van der Waals surface area contributed by atoms with Crippen LogP contribution in [0.1, 0.15) is 30.7 Å². The number of aromatic nitrogens is 4. The van der Waals surface area contributed by atoms with Crippen molar-refractivity contribution in [2.45, 2.75) is 26.2 Å². The van der Waals surface area contributed by atoms with Crippen LogP contribution in [-0.2, 0) is 14.3 Å². The van der Waals surface area contributed by atoms with E-state index in [1.165, 1.54) is 6.92 Å². The van der Waals surface area contributed by atoms with E-state index < -0.39 is 0 Å². The fraction of sp³-hybridized carbons (Fsp3) is 0.429. The van der Waals surface area contributed by atoms with Gasteiger partial charge in [-0.3, -0.25) is 4.79 Å². The number of hydrogen-bond acceptors (Lipinski definition) is 7. The van der Waals surface area contributed by atoms with Gasteiger partial charge in [0.1, 0.15) is 18.2 Å². The third kappa shape index (κ3) is 4.27. The molecule has 0 aliphatic carbocycles. The first-order valence-electron chi connectivity index (χ1n) is 9.90.